The molecule has 208 valence electrons. The van der Waals surface area contributed by atoms with Crippen molar-refractivity contribution in [1.82, 2.24) is 14.5 Å². The van der Waals surface area contributed by atoms with Crippen LogP contribution in [0.2, 0.25) is 21.6 Å². The third kappa shape index (κ3) is 5.44. The van der Waals surface area contributed by atoms with Crippen LogP contribution in [0.15, 0.2) is 59.5 Å². The molecule has 0 unspecified atom stereocenters. The molecule has 0 radical (unpaired) electrons. The lowest BCUT2D eigenvalue weighted by atomic mass is 9.99. The van der Waals surface area contributed by atoms with E-state index in [1.165, 1.54) is 4.57 Å². The number of aliphatic hydroxyl groups is 1. The Morgan fingerprint density at radius 1 is 1.02 bits per heavy atom. The Bertz CT molecular complexity index is 1650. The lowest BCUT2D eigenvalue weighted by Gasteiger charge is -2.38. The number of nitrogens with one attached hydrogen (secondary N) is 1. The van der Waals surface area contributed by atoms with Crippen LogP contribution >= 0.6 is 11.6 Å². The number of rotatable bonds is 7. The average molecular weight is 573 g/mol. The fourth-order valence-electron chi connectivity index (χ4n) is 5.89. The molecule has 0 aliphatic rings. The van der Waals surface area contributed by atoms with E-state index in [9.17, 15) is 9.90 Å². The van der Waals surface area contributed by atoms with Crippen LogP contribution < -0.4 is 10.9 Å². The average Bonchev–Trinajstić information content (AvgIpc) is 2.92. The molecule has 0 saturated heterocycles. The molecule has 2 aromatic heterocycles. The third-order valence-corrected chi connectivity index (χ3v) is 14.5. The van der Waals surface area contributed by atoms with Crippen molar-refractivity contribution in [1.29, 1.82) is 0 Å². The maximum atomic E-state index is 14.0. The van der Waals surface area contributed by atoms with Gasteiger partial charge in [-0.25, -0.2) is 4.98 Å². The van der Waals surface area contributed by atoms with Crippen molar-refractivity contribution in [3.05, 3.63) is 81.2 Å². The minimum atomic E-state index is -2.11. The van der Waals surface area contributed by atoms with Crippen molar-refractivity contribution in [2.24, 2.45) is 7.05 Å². The maximum absolute atomic E-state index is 14.0. The molecule has 0 atom stereocenters. The number of hydrogen-bond donors (Lipinski definition) is 2. The number of anilines is 2. The summed E-state index contributed by atoms with van der Waals surface area (Å²) in [6.45, 7) is 13.5. The van der Waals surface area contributed by atoms with E-state index in [0.29, 0.717) is 55.3 Å². The predicted octanol–water partition coefficient (Wildman–Crippen LogP) is 7.45. The maximum Gasteiger partial charge on any atom is 0.261 e. The molecule has 2 N–H and O–H groups in total. The molecule has 4 aromatic rings. The standard InChI is InChI=1S/C32H37ClN4O2Si/c1-20(2)40(21(3)4,22(5)6)16-15-25-27-18-34-32(35-24-12-10-11-23(17-24)19-38)36-30(27)37(7)31(39)29(25)26-13-8-9-14-28(26)33/h8-14,17-18,20-22,38H,19H2,1-7H3,(H,34,35,36). The van der Waals surface area contributed by atoms with Gasteiger partial charge < -0.3 is 10.4 Å². The number of halogens is 1. The first-order valence-electron chi connectivity index (χ1n) is 13.7. The molecule has 0 aliphatic heterocycles. The van der Waals surface area contributed by atoms with Crippen molar-refractivity contribution in [2.75, 3.05) is 5.32 Å². The number of pyridine rings is 1. The summed E-state index contributed by atoms with van der Waals surface area (Å²) < 4.78 is 1.54. The second-order valence-electron chi connectivity index (χ2n) is 11.2. The highest BCUT2D eigenvalue weighted by Gasteiger charge is 2.41. The summed E-state index contributed by atoms with van der Waals surface area (Å²) in [5.74, 6) is 3.88. The van der Waals surface area contributed by atoms with E-state index in [1.807, 2.05) is 42.5 Å². The fraction of sp³-hybridized carbons (Fsp3) is 0.344. The minimum Gasteiger partial charge on any atom is -0.392 e. The summed E-state index contributed by atoms with van der Waals surface area (Å²) in [7, 11) is -0.405. The molecular formula is C32H37ClN4O2Si. The minimum absolute atomic E-state index is 0.0661. The Hall–Kier alpha value is -3.44. The summed E-state index contributed by atoms with van der Waals surface area (Å²) in [5, 5.41) is 13.9. The van der Waals surface area contributed by atoms with Crippen molar-refractivity contribution >= 4 is 42.3 Å². The third-order valence-electron chi connectivity index (χ3n) is 7.90. The van der Waals surface area contributed by atoms with Crippen LogP contribution in [-0.4, -0.2) is 27.7 Å². The van der Waals surface area contributed by atoms with Crippen LogP contribution in [0.5, 0.6) is 0 Å². The van der Waals surface area contributed by atoms with Crippen LogP contribution in [0.25, 0.3) is 22.2 Å². The second-order valence-corrected chi connectivity index (χ2v) is 17.1. The summed E-state index contributed by atoms with van der Waals surface area (Å²) in [6.07, 6.45) is 1.73. The van der Waals surface area contributed by atoms with Gasteiger partial charge in [0.2, 0.25) is 5.95 Å². The van der Waals surface area contributed by atoms with E-state index < -0.39 is 8.07 Å². The largest absolute Gasteiger partial charge is 0.392 e. The van der Waals surface area contributed by atoms with Crippen LogP contribution in [-0.2, 0) is 13.7 Å². The Morgan fingerprint density at radius 2 is 1.70 bits per heavy atom. The van der Waals surface area contributed by atoms with Gasteiger partial charge in [0.25, 0.3) is 5.56 Å². The van der Waals surface area contributed by atoms with Crippen LogP contribution in [0.1, 0.15) is 52.7 Å². The normalized spacial score (nSPS) is 11.8. The van der Waals surface area contributed by atoms with Gasteiger partial charge in [0, 0.05) is 35.1 Å². The van der Waals surface area contributed by atoms with Crippen molar-refractivity contribution in [2.45, 2.75) is 64.8 Å². The Balaban J connectivity index is 2.02. The van der Waals surface area contributed by atoms with Gasteiger partial charge in [-0.05, 0) is 40.4 Å². The SMILES string of the molecule is CC(C)[Si](C#Cc1c(-c2ccccc2Cl)c(=O)n(C)c2nc(Nc3cccc(CO)c3)ncc12)(C(C)C)C(C)C. The summed E-state index contributed by atoms with van der Waals surface area (Å²) in [4.78, 5) is 23.3. The molecule has 0 amide bonds. The quantitative estimate of drug-likeness (QED) is 0.177. The molecule has 2 aromatic carbocycles. The number of hydrogen-bond acceptors (Lipinski definition) is 5. The monoisotopic (exact) mass is 572 g/mol. The molecule has 6 nitrogen and oxygen atoms in total. The lowest BCUT2D eigenvalue weighted by molar-refractivity contribution is 0.282. The Morgan fingerprint density at radius 3 is 2.33 bits per heavy atom. The smallest absolute Gasteiger partial charge is 0.261 e. The van der Waals surface area contributed by atoms with E-state index in [1.54, 1.807) is 19.3 Å². The van der Waals surface area contributed by atoms with Gasteiger partial charge >= 0.3 is 0 Å². The molecule has 0 spiro atoms. The van der Waals surface area contributed by atoms with Crippen LogP contribution in [0, 0.1) is 11.5 Å². The van der Waals surface area contributed by atoms with Gasteiger partial charge in [0.1, 0.15) is 13.7 Å². The molecule has 0 bridgehead atoms. The van der Waals surface area contributed by atoms with E-state index >= 15 is 0 Å². The first-order valence-corrected chi connectivity index (χ1v) is 16.3. The highest BCUT2D eigenvalue weighted by molar-refractivity contribution is 6.90. The summed E-state index contributed by atoms with van der Waals surface area (Å²) in [6, 6.07) is 14.8. The van der Waals surface area contributed by atoms with E-state index in [4.69, 9.17) is 16.6 Å². The number of aromatic nitrogens is 3. The van der Waals surface area contributed by atoms with Crippen molar-refractivity contribution in [3.63, 3.8) is 0 Å². The van der Waals surface area contributed by atoms with Crippen molar-refractivity contribution < 1.29 is 5.11 Å². The number of aryl methyl sites for hydroxylation is 1. The van der Waals surface area contributed by atoms with E-state index in [-0.39, 0.29) is 12.2 Å². The predicted molar refractivity (Wildman–Crippen MR) is 169 cm³/mol. The zero-order chi connectivity index (χ0) is 29.2. The molecular weight excluding hydrogens is 536 g/mol. The molecule has 2 heterocycles. The molecule has 4 rings (SSSR count). The first kappa shape index (κ1) is 29.5. The van der Waals surface area contributed by atoms with Gasteiger partial charge in [-0.15, -0.1) is 5.54 Å². The van der Waals surface area contributed by atoms with Crippen LogP contribution in [0.3, 0.4) is 0 Å². The van der Waals surface area contributed by atoms with Gasteiger partial charge in [-0.1, -0.05) is 89.4 Å². The lowest BCUT2D eigenvalue weighted by Crippen LogP contribution is -2.43. The van der Waals surface area contributed by atoms with Crippen LogP contribution in [0.4, 0.5) is 11.6 Å². The molecule has 0 saturated carbocycles. The Kier molecular flexibility index (Phi) is 8.84. The van der Waals surface area contributed by atoms with Gasteiger partial charge in [-0.3, -0.25) is 9.36 Å². The number of nitrogens with zero attached hydrogens (tertiary/aromatic N) is 3. The van der Waals surface area contributed by atoms with E-state index in [0.717, 1.165) is 11.3 Å². The number of aliphatic hydroxyl groups excluding tert-OH is 1. The molecule has 0 aliphatic carbocycles. The molecule has 0 fully saturated rings. The van der Waals surface area contributed by atoms with Gasteiger partial charge in [0.05, 0.1) is 17.6 Å². The first-order chi connectivity index (χ1) is 19.0. The zero-order valence-corrected chi connectivity index (χ0v) is 26.0. The fourth-order valence-corrected chi connectivity index (χ4v) is 11.3. The number of fused-ring (bicyclic) bond motifs is 1. The topological polar surface area (TPSA) is 80.0 Å². The molecule has 40 heavy (non-hydrogen) atoms. The zero-order valence-electron chi connectivity index (χ0n) is 24.2. The van der Waals surface area contributed by atoms with Crippen molar-refractivity contribution in [3.8, 4) is 22.6 Å². The summed E-state index contributed by atoms with van der Waals surface area (Å²) >= 11 is 6.64. The Labute approximate surface area is 242 Å². The highest BCUT2D eigenvalue weighted by Crippen LogP contribution is 2.41. The number of benzene rings is 2. The van der Waals surface area contributed by atoms with Gasteiger partial charge in [0.15, 0.2) is 0 Å². The molecule has 8 heteroatoms. The summed E-state index contributed by atoms with van der Waals surface area (Å²) in [5.41, 5.74) is 8.58. The van der Waals surface area contributed by atoms with E-state index in [2.05, 4.69) is 63.3 Å². The highest BCUT2D eigenvalue weighted by atomic mass is 35.5. The van der Waals surface area contributed by atoms with Gasteiger partial charge in [-0.2, -0.15) is 4.98 Å². The second kappa shape index (κ2) is 12.0.